The third kappa shape index (κ3) is 0.859. The van der Waals surface area contributed by atoms with Gasteiger partial charge in [-0.25, -0.2) is 0 Å². The molecule has 1 aliphatic rings. The highest BCUT2D eigenvalue weighted by molar-refractivity contribution is 6.22. The Kier molecular flexibility index (Phi) is 0.932. The van der Waals surface area contributed by atoms with Gasteiger partial charge >= 0.3 is 0 Å². The van der Waals surface area contributed by atoms with Crippen LogP contribution in [0.5, 0.6) is 0 Å². The fraction of sp³-hybridized carbons (Fsp3) is 0.200. The fourth-order valence-electron chi connectivity index (χ4n) is 0.689. The smallest absolute Gasteiger partial charge is 0.134 e. The van der Waals surface area contributed by atoms with Gasteiger partial charge in [0.15, 0.2) is 0 Å². The Morgan fingerprint density at radius 1 is 1.57 bits per heavy atom. The number of nitrogens with two attached hydrogens (primary N) is 1. The molecule has 0 fully saturated rings. The zero-order valence-electron chi connectivity index (χ0n) is 4.44. The Morgan fingerprint density at radius 2 is 2.29 bits per heavy atom. The summed E-state index contributed by atoms with van der Waals surface area (Å²) in [6, 6.07) is 0. The van der Waals surface area contributed by atoms with E-state index in [4.69, 9.17) is 5.73 Å². The number of allylic oxidation sites excluding steroid dienone is 3. The minimum atomic E-state index is 0.972. The van der Waals surface area contributed by atoms with Crippen LogP contribution in [-0.2, 0) is 0 Å². The third-order valence-corrected chi connectivity index (χ3v) is 1.06. The maximum atomic E-state index is 5.43. The highest BCUT2D eigenvalue weighted by Crippen LogP contribution is 2.09. The molecule has 0 unspecified atom stereocenters. The van der Waals surface area contributed by atoms with Crippen LogP contribution in [0.1, 0.15) is 6.42 Å². The van der Waals surface area contributed by atoms with Crippen LogP contribution in [0.4, 0.5) is 0 Å². The van der Waals surface area contributed by atoms with Crippen molar-refractivity contribution in [1.29, 1.82) is 0 Å². The Bertz CT molecular complexity index is 119. The number of hydrogen-bond acceptors (Lipinski definition) is 1. The number of rotatable bonds is 0. The van der Waals surface area contributed by atoms with Crippen molar-refractivity contribution in [3.8, 4) is 0 Å². The number of hydrogen-bond donors (Lipinski definition) is 1. The molecule has 0 saturated carbocycles. The van der Waals surface area contributed by atoms with Crippen LogP contribution >= 0.6 is 0 Å². The van der Waals surface area contributed by atoms with Gasteiger partial charge < -0.3 is 5.73 Å². The lowest BCUT2D eigenvalue weighted by Crippen LogP contribution is -1.92. The van der Waals surface area contributed by atoms with Crippen molar-refractivity contribution >= 4 is 7.85 Å². The van der Waals surface area contributed by atoms with Crippen molar-refractivity contribution < 1.29 is 0 Å². The van der Waals surface area contributed by atoms with E-state index in [1.54, 1.807) is 0 Å². The summed E-state index contributed by atoms with van der Waals surface area (Å²) in [6.45, 7) is 0. The van der Waals surface area contributed by atoms with Crippen molar-refractivity contribution in [1.82, 2.24) is 0 Å². The molecular formula is C5H8BN. The highest BCUT2D eigenvalue weighted by Gasteiger charge is 1.96. The second-order valence-electron chi connectivity index (χ2n) is 1.93. The molecule has 0 atom stereocenters. The molecule has 0 aliphatic heterocycles. The normalized spacial score (nSPS) is 18.9. The Morgan fingerprint density at radius 3 is 2.43 bits per heavy atom. The molecule has 0 amide bonds. The van der Waals surface area contributed by atoms with Crippen LogP contribution in [0, 0.1) is 0 Å². The zero-order chi connectivity index (χ0) is 5.28. The quantitative estimate of drug-likeness (QED) is 0.410. The predicted octanol–water partition coefficient (Wildman–Crippen LogP) is -0.250. The predicted molar refractivity (Wildman–Crippen MR) is 33.5 cm³/mol. The average Bonchev–Trinajstić information content (AvgIpc) is 1.87. The monoisotopic (exact) mass is 93.1 g/mol. The summed E-state index contributed by atoms with van der Waals surface area (Å²) in [6.07, 6.45) is 4.98. The maximum absolute atomic E-state index is 5.43. The molecule has 36 valence electrons. The minimum Gasteiger partial charge on any atom is -0.402 e. The molecule has 2 N–H and O–H groups in total. The molecule has 0 aromatic carbocycles. The van der Waals surface area contributed by atoms with Gasteiger partial charge in [-0.1, -0.05) is 6.08 Å². The summed E-state index contributed by atoms with van der Waals surface area (Å²) in [5, 5.41) is 0. The van der Waals surface area contributed by atoms with Crippen molar-refractivity contribution in [3.05, 3.63) is 23.3 Å². The molecule has 2 heteroatoms. The lowest BCUT2D eigenvalue weighted by atomic mass is 9.95. The minimum absolute atomic E-state index is 0.972. The van der Waals surface area contributed by atoms with Crippen LogP contribution in [0.3, 0.4) is 0 Å². The van der Waals surface area contributed by atoms with Gasteiger partial charge in [-0.15, -0.1) is 5.47 Å². The topological polar surface area (TPSA) is 26.0 Å². The Balaban J connectivity index is 2.61. The maximum Gasteiger partial charge on any atom is 0.134 e. The first-order chi connectivity index (χ1) is 3.29. The molecule has 0 saturated heterocycles. The van der Waals surface area contributed by atoms with E-state index in [0.717, 1.165) is 12.1 Å². The highest BCUT2D eigenvalue weighted by atomic mass is 14.6. The zero-order valence-corrected chi connectivity index (χ0v) is 4.44. The molecule has 0 spiro atoms. The van der Waals surface area contributed by atoms with Gasteiger partial charge in [0, 0.05) is 5.70 Å². The summed E-state index contributed by atoms with van der Waals surface area (Å²) in [7, 11) is 2.08. The van der Waals surface area contributed by atoms with Gasteiger partial charge in [0.2, 0.25) is 0 Å². The lowest BCUT2D eigenvalue weighted by Gasteiger charge is -1.88. The second-order valence-corrected chi connectivity index (χ2v) is 1.93. The molecular weight excluding hydrogens is 84.9 g/mol. The van der Waals surface area contributed by atoms with E-state index in [9.17, 15) is 0 Å². The first kappa shape index (κ1) is 4.50. The van der Waals surface area contributed by atoms with Crippen molar-refractivity contribution in [3.63, 3.8) is 0 Å². The van der Waals surface area contributed by atoms with Crippen LogP contribution in [0.25, 0.3) is 0 Å². The average molecular weight is 92.9 g/mol. The van der Waals surface area contributed by atoms with Gasteiger partial charge in [-0.2, -0.15) is 0 Å². The van der Waals surface area contributed by atoms with Gasteiger partial charge in [-0.05, 0) is 12.5 Å². The molecule has 0 heterocycles. The first-order valence-corrected chi connectivity index (χ1v) is 2.41. The summed E-state index contributed by atoms with van der Waals surface area (Å²) in [4.78, 5) is 0. The van der Waals surface area contributed by atoms with Crippen molar-refractivity contribution in [2.45, 2.75) is 6.42 Å². The van der Waals surface area contributed by atoms with Gasteiger partial charge in [0.25, 0.3) is 0 Å². The van der Waals surface area contributed by atoms with Crippen LogP contribution in [0.15, 0.2) is 23.3 Å². The standard InChI is InChI=1S/C5H8BN/c6-4-1-2-5(7)3-4/h1-2H,3,6-7H2. The SMILES string of the molecule is BC1=CC=C(N)C1. The molecule has 0 aromatic heterocycles. The van der Waals surface area contributed by atoms with E-state index < -0.39 is 0 Å². The van der Waals surface area contributed by atoms with E-state index in [2.05, 4.69) is 13.9 Å². The van der Waals surface area contributed by atoms with Crippen LogP contribution in [0.2, 0.25) is 0 Å². The van der Waals surface area contributed by atoms with Crippen molar-refractivity contribution in [2.75, 3.05) is 0 Å². The van der Waals surface area contributed by atoms with Crippen molar-refractivity contribution in [2.24, 2.45) is 5.73 Å². The largest absolute Gasteiger partial charge is 0.402 e. The molecule has 1 aliphatic carbocycles. The van der Waals surface area contributed by atoms with E-state index >= 15 is 0 Å². The van der Waals surface area contributed by atoms with Gasteiger partial charge in [0.05, 0.1) is 0 Å². The van der Waals surface area contributed by atoms with E-state index in [1.165, 1.54) is 5.47 Å². The Hall–Kier alpha value is -0.655. The van der Waals surface area contributed by atoms with Crippen LogP contribution < -0.4 is 5.73 Å². The van der Waals surface area contributed by atoms with E-state index in [-0.39, 0.29) is 0 Å². The van der Waals surface area contributed by atoms with E-state index in [1.807, 2.05) is 6.08 Å². The molecule has 0 radical (unpaired) electrons. The summed E-state index contributed by atoms with van der Waals surface area (Å²) < 4.78 is 0. The molecule has 1 rings (SSSR count). The van der Waals surface area contributed by atoms with Gasteiger partial charge in [-0.3, -0.25) is 0 Å². The van der Waals surface area contributed by atoms with Gasteiger partial charge in [0.1, 0.15) is 7.85 Å². The Labute approximate surface area is 44.3 Å². The molecule has 7 heavy (non-hydrogen) atoms. The second kappa shape index (κ2) is 1.45. The summed E-state index contributed by atoms with van der Waals surface area (Å²) in [5.74, 6) is 0. The molecule has 0 aromatic rings. The summed E-state index contributed by atoms with van der Waals surface area (Å²) >= 11 is 0. The molecule has 1 nitrogen and oxygen atoms in total. The first-order valence-electron chi connectivity index (χ1n) is 2.41. The van der Waals surface area contributed by atoms with E-state index in [0.29, 0.717) is 0 Å². The summed E-state index contributed by atoms with van der Waals surface area (Å²) in [5.41, 5.74) is 7.78. The fourth-order valence-corrected chi connectivity index (χ4v) is 0.689. The van der Waals surface area contributed by atoms with Crippen LogP contribution in [-0.4, -0.2) is 7.85 Å². The molecule has 0 bridgehead atoms. The third-order valence-electron chi connectivity index (χ3n) is 1.06. The lowest BCUT2D eigenvalue weighted by molar-refractivity contribution is 1.18.